The van der Waals surface area contributed by atoms with E-state index in [-0.39, 0.29) is 5.91 Å². The van der Waals surface area contributed by atoms with Crippen LogP contribution in [0.25, 0.3) is 0 Å². The summed E-state index contributed by atoms with van der Waals surface area (Å²) in [5.74, 6) is 0.812. The van der Waals surface area contributed by atoms with E-state index in [4.69, 9.17) is 16.3 Å². The van der Waals surface area contributed by atoms with Gasteiger partial charge in [-0.1, -0.05) is 35.9 Å². The zero-order valence-corrected chi connectivity index (χ0v) is 14.2. The lowest BCUT2D eigenvalue weighted by Crippen LogP contribution is -3.10. The van der Waals surface area contributed by atoms with Gasteiger partial charge in [0.25, 0.3) is 5.91 Å². The van der Waals surface area contributed by atoms with Gasteiger partial charge in [-0.3, -0.25) is 4.79 Å². The topological polar surface area (TPSA) is 42.8 Å². The highest BCUT2D eigenvalue weighted by Gasteiger charge is 2.12. The zero-order valence-electron chi connectivity index (χ0n) is 13.4. The Morgan fingerprint density at radius 1 is 1.17 bits per heavy atom. The highest BCUT2D eigenvalue weighted by Crippen LogP contribution is 2.22. The van der Waals surface area contributed by atoms with E-state index in [9.17, 15) is 4.79 Å². The quantitative estimate of drug-likeness (QED) is 0.815. The standard InChI is InChI=1S/C18H21ClN2O2/c1-14-16(19)9-6-10-17(14)20-18(22)13-21(2)11-12-23-15-7-4-3-5-8-15/h3-10H,11-13H2,1-2H3,(H,20,22)/p+1. The molecule has 0 aliphatic heterocycles. The number of likely N-dealkylation sites (N-methyl/N-ethyl adjacent to an activating group) is 1. The molecule has 0 heterocycles. The fourth-order valence-corrected chi connectivity index (χ4v) is 2.33. The minimum Gasteiger partial charge on any atom is -0.488 e. The number of carbonyl (C=O) groups is 1. The highest BCUT2D eigenvalue weighted by molar-refractivity contribution is 6.31. The van der Waals surface area contributed by atoms with Gasteiger partial charge in [0, 0.05) is 10.7 Å². The van der Waals surface area contributed by atoms with E-state index in [1.807, 2.05) is 62.5 Å². The molecule has 2 N–H and O–H groups in total. The number of hydrogen-bond donors (Lipinski definition) is 2. The number of halogens is 1. The van der Waals surface area contributed by atoms with E-state index in [0.29, 0.717) is 18.2 Å². The fourth-order valence-electron chi connectivity index (χ4n) is 2.16. The number of para-hydroxylation sites is 1. The molecule has 0 fully saturated rings. The molecule has 0 aliphatic rings. The van der Waals surface area contributed by atoms with E-state index >= 15 is 0 Å². The Morgan fingerprint density at radius 2 is 1.91 bits per heavy atom. The Bertz CT molecular complexity index is 647. The summed E-state index contributed by atoms with van der Waals surface area (Å²) in [5.41, 5.74) is 1.64. The smallest absolute Gasteiger partial charge is 0.279 e. The van der Waals surface area contributed by atoms with Crippen LogP contribution in [-0.4, -0.2) is 32.7 Å². The van der Waals surface area contributed by atoms with Crippen molar-refractivity contribution in [2.24, 2.45) is 0 Å². The predicted molar refractivity (Wildman–Crippen MR) is 93.4 cm³/mol. The van der Waals surface area contributed by atoms with Crippen LogP contribution in [0.15, 0.2) is 48.5 Å². The number of anilines is 1. The maximum atomic E-state index is 12.1. The van der Waals surface area contributed by atoms with Crippen molar-refractivity contribution < 1.29 is 14.4 Å². The van der Waals surface area contributed by atoms with Crippen LogP contribution in [-0.2, 0) is 4.79 Å². The number of hydrogen-bond acceptors (Lipinski definition) is 2. The van der Waals surface area contributed by atoms with Gasteiger partial charge >= 0.3 is 0 Å². The Balaban J connectivity index is 1.75. The summed E-state index contributed by atoms with van der Waals surface area (Å²) in [6, 6.07) is 15.2. The van der Waals surface area contributed by atoms with Gasteiger partial charge in [-0.05, 0) is 36.8 Å². The Hall–Kier alpha value is -2.04. The number of benzene rings is 2. The van der Waals surface area contributed by atoms with Crippen molar-refractivity contribution in [2.75, 3.05) is 32.1 Å². The first-order chi connectivity index (χ1) is 11.1. The summed E-state index contributed by atoms with van der Waals surface area (Å²) in [4.78, 5) is 13.2. The van der Waals surface area contributed by atoms with Crippen LogP contribution in [0.4, 0.5) is 5.69 Å². The molecule has 2 aromatic rings. The summed E-state index contributed by atoms with van der Waals surface area (Å²) in [7, 11) is 1.97. The molecular weight excluding hydrogens is 312 g/mol. The molecule has 0 aliphatic carbocycles. The number of ether oxygens (including phenoxy) is 1. The average molecular weight is 334 g/mol. The summed E-state index contributed by atoms with van der Waals surface area (Å²) in [6.45, 7) is 3.59. The molecule has 4 nitrogen and oxygen atoms in total. The van der Waals surface area contributed by atoms with E-state index in [1.54, 1.807) is 0 Å². The van der Waals surface area contributed by atoms with Crippen LogP contribution in [0, 0.1) is 6.92 Å². The first-order valence-electron chi connectivity index (χ1n) is 7.60. The lowest BCUT2D eigenvalue weighted by atomic mass is 10.2. The number of quaternary nitrogens is 1. The molecule has 2 aromatic carbocycles. The molecule has 23 heavy (non-hydrogen) atoms. The normalized spacial score (nSPS) is 11.8. The van der Waals surface area contributed by atoms with Crippen molar-refractivity contribution in [3.05, 3.63) is 59.1 Å². The monoisotopic (exact) mass is 333 g/mol. The molecule has 5 heteroatoms. The van der Waals surface area contributed by atoms with Crippen molar-refractivity contribution >= 4 is 23.2 Å². The van der Waals surface area contributed by atoms with Crippen LogP contribution in [0.1, 0.15) is 5.56 Å². The molecule has 0 spiro atoms. The highest BCUT2D eigenvalue weighted by atomic mass is 35.5. The van der Waals surface area contributed by atoms with Crippen molar-refractivity contribution in [2.45, 2.75) is 6.92 Å². The number of carbonyl (C=O) groups excluding carboxylic acids is 1. The third-order valence-electron chi connectivity index (χ3n) is 3.54. The largest absolute Gasteiger partial charge is 0.488 e. The van der Waals surface area contributed by atoms with Crippen LogP contribution >= 0.6 is 11.6 Å². The van der Waals surface area contributed by atoms with Crippen LogP contribution in [0.5, 0.6) is 5.75 Å². The third kappa shape index (κ3) is 5.58. The average Bonchev–Trinajstić information content (AvgIpc) is 2.53. The number of nitrogens with one attached hydrogen (secondary N) is 2. The van der Waals surface area contributed by atoms with Crippen LogP contribution in [0.3, 0.4) is 0 Å². The second-order valence-corrected chi connectivity index (χ2v) is 5.91. The molecule has 0 radical (unpaired) electrons. The molecule has 0 aromatic heterocycles. The molecular formula is C18H22ClN2O2+. The molecule has 1 amide bonds. The van der Waals surface area contributed by atoms with Crippen molar-refractivity contribution in [3.8, 4) is 5.75 Å². The van der Waals surface area contributed by atoms with Crippen molar-refractivity contribution in [1.82, 2.24) is 0 Å². The number of amides is 1. The number of rotatable bonds is 7. The fraction of sp³-hybridized carbons (Fsp3) is 0.278. The molecule has 122 valence electrons. The van der Waals surface area contributed by atoms with Crippen LogP contribution in [0.2, 0.25) is 5.02 Å². The molecule has 0 saturated carbocycles. The van der Waals surface area contributed by atoms with Crippen molar-refractivity contribution in [3.63, 3.8) is 0 Å². The summed E-state index contributed by atoms with van der Waals surface area (Å²) < 4.78 is 5.64. The van der Waals surface area contributed by atoms with Crippen molar-refractivity contribution in [1.29, 1.82) is 0 Å². The lowest BCUT2D eigenvalue weighted by Gasteiger charge is -2.15. The van der Waals surface area contributed by atoms with Gasteiger partial charge in [0.1, 0.15) is 18.9 Å². The Morgan fingerprint density at radius 3 is 2.65 bits per heavy atom. The first kappa shape index (κ1) is 17.3. The maximum Gasteiger partial charge on any atom is 0.279 e. The van der Waals surface area contributed by atoms with Gasteiger partial charge in [0.15, 0.2) is 6.54 Å². The molecule has 1 unspecified atom stereocenters. The van der Waals surface area contributed by atoms with E-state index in [0.717, 1.165) is 28.4 Å². The van der Waals surface area contributed by atoms with Crippen LogP contribution < -0.4 is 15.0 Å². The predicted octanol–water partition coefficient (Wildman–Crippen LogP) is 2.18. The van der Waals surface area contributed by atoms with Gasteiger partial charge in [-0.2, -0.15) is 0 Å². The van der Waals surface area contributed by atoms with E-state index in [1.165, 1.54) is 0 Å². The second-order valence-electron chi connectivity index (χ2n) is 5.51. The molecule has 0 saturated heterocycles. The summed E-state index contributed by atoms with van der Waals surface area (Å²) in [5, 5.41) is 3.56. The third-order valence-corrected chi connectivity index (χ3v) is 3.95. The minimum atomic E-state index is -0.0347. The molecule has 0 bridgehead atoms. The lowest BCUT2D eigenvalue weighted by molar-refractivity contribution is -0.871. The summed E-state index contributed by atoms with van der Waals surface area (Å²) in [6.07, 6.45) is 0. The van der Waals surface area contributed by atoms with E-state index < -0.39 is 0 Å². The first-order valence-corrected chi connectivity index (χ1v) is 7.98. The zero-order chi connectivity index (χ0) is 16.7. The minimum absolute atomic E-state index is 0.0347. The molecule has 2 rings (SSSR count). The molecule has 1 atom stereocenters. The SMILES string of the molecule is Cc1c(Cl)cccc1NC(=O)C[NH+](C)CCOc1ccccc1. The van der Waals surface area contributed by atoms with Gasteiger partial charge < -0.3 is 15.0 Å². The maximum absolute atomic E-state index is 12.1. The summed E-state index contributed by atoms with van der Waals surface area (Å²) >= 11 is 6.06. The van der Waals surface area contributed by atoms with Gasteiger partial charge in [-0.15, -0.1) is 0 Å². The second kappa shape index (κ2) is 8.56. The van der Waals surface area contributed by atoms with Gasteiger partial charge in [-0.25, -0.2) is 0 Å². The van der Waals surface area contributed by atoms with Gasteiger partial charge in [0.2, 0.25) is 0 Å². The van der Waals surface area contributed by atoms with Gasteiger partial charge in [0.05, 0.1) is 7.05 Å². The Kier molecular flexibility index (Phi) is 6.44. The van der Waals surface area contributed by atoms with E-state index in [2.05, 4.69) is 5.32 Å². The Labute approximate surface area is 142 Å².